The van der Waals surface area contributed by atoms with Crippen molar-refractivity contribution in [3.8, 4) is 22.7 Å². The molecule has 0 aliphatic carbocycles. The summed E-state index contributed by atoms with van der Waals surface area (Å²) in [5, 5.41) is 15.6. The van der Waals surface area contributed by atoms with Gasteiger partial charge in [-0.15, -0.1) is 15.3 Å². The fourth-order valence-corrected chi connectivity index (χ4v) is 3.70. The first-order valence-corrected chi connectivity index (χ1v) is 9.47. The molecule has 0 saturated heterocycles. The summed E-state index contributed by atoms with van der Waals surface area (Å²) >= 11 is 0. The van der Waals surface area contributed by atoms with Crippen molar-refractivity contribution in [3.63, 3.8) is 0 Å². The van der Waals surface area contributed by atoms with E-state index in [1.165, 1.54) is 11.1 Å². The SMILES string of the molecule is CN1Cc2cccc(-c3cn(Cc4ccc(-c5nnc(C(F)F)o5)cc4)nn3)c2C1. The van der Waals surface area contributed by atoms with Crippen LogP contribution in [0, 0.1) is 0 Å². The topological polar surface area (TPSA) is 72.9 Å². The van der Waals surface area contributed by atoms with Gasteiger partial charge in [0.1, 0.15) is 5.69 Å². The van der Waals surface area contributed by atoms with Gasteiger partial charge in [-0.2, -0.15) is 8.78 Å². The maximum Gasteiger partial charge on any atom is 0.314 e. The van der Waals surface area contributed by atoms with E-state index in [1.54, 1.807) is 16.8 Å². The number of rotatable bonds is 5. The van der Waals surface area contributed by atoms with Crippen molar-refractivity contribution in [1.29, 1.82) is 0 Å². The van der Waals surface area contributed by atoms with Gasteiger partial charge in [0, 0.05) is 24.2 Å². The van der Waals surface area contributed by atoms with E-state index in [4.69, 9.17) is 4.42 Å². The molecule has 0 bridgehead atoms. The minimum Gasteiger partial charge on any atom is -0.415 e. The summed E-state index contributed by atoms with van der Waals surface area (Å²) in [4.78, 5) is 2.27. The Bertz CT molecular complexity index is 1180. The van der Waals surface area contributed by atoms with E-state index in [0.29, 0.717) is 12.1 Å². The van der Waals surface area contributed by atoms with Crippen LogP contribution in [-0.4, -0.2) is 37.1 Å². The molecule has 0 unspecified atom stereocenters. The predicted molar refractivity (Wildman–Crippen MR) is 104 cm³/mol. The van der Waals surface area contributed by atoms with E-state index in [1.807, 2.05) is 18.3 Å². The van der Waals surface area contributed by atoms with E-state index in [9.17, 15) is 8.78 Å². The van der Waals surface area contributed by atoms with Crippen LogP contribution in [0.4, 0.5) is 8.78 Å². The summed E-state index contributed by atoms with van der Waals surface area (Å²) in [5.41, 5.74) is 6.17. The van der Waals surface area contributed by atoms with Gasteiger partial charge in [0.15, 0.2) is 0 Å². The average Bonchev–Trinajstić information content (AvgIpc) is 3.47. The molecule has 0 fully saturated rings. The normalized spacial score (nSPS) is 13.9. The van der Waals surface area contributed by atoms with Crippen molar-refractivity contribution in [2.24, 2.45) is 0 Å². The van der Waals surface area contributed by atoms with Crippen LogP contribution in [0.25, 0.3) is 22.7 Å². The highest BCUT2D eigenvalue weighted by Gasteiger charge is 2.20. The molecule has 0 radical (unpaired) electrons. The van der Waals surface area contributed by atoms with Gasteiger partial charge in [-0.25, -0.2) is 4.68 Å². The van der Waals surface area contributed by atoms with Gasteiger partial charge in [0.25, 0.3) is 5.89 Å². The number of halogens is 2. The minimum atomic E-state index is -2.78. The van der Waals surface area contributed by atoms with Gasteiger partial charge < -0.3 is 4.42 Å². The zero-order valence-electron chi connectivity index (χ0n) is 16.2. The van der Waals surface area contributed by atoms with Gasteiger partial charge >= 0.3 is 6.43 Å². The second-order valence-corrected chi connectivity index (χ2v) is 7.36. The molecule has 0 spiro atoms. The quantitative estimate of drug-likeness (QED) is 0.498. The lowest BCUT2D eigenvalue weighted by Gasteiger charge is -2.05. The average molecular weight is 408 g/mol. The van der Waals surface area contributed by atoms with E-state index < -0.39 is 12.3 Å². The lowest BCUT2D eigenvalue weighted by molar-refractivity contribution is 0.116. The molecule has 7 nitrogen and oxygen atoms in total. The Morgan fingerprint density at radius 3 is 2.63 bits per heavy atom. The lowest BCUT2D eigenvalue weighted by Crippen LogP contribution is -2.07. The van der Waals surface area contributed by atoms with Gasteiger partial charge in [-0.05, 0) is 35.9 Å². The Balaban J connectivity index is 1.33. The number of fused-ring (bicyclic) bond motifs is 1. The summed E-state index contributed by atoms with van der Waals surface area (Å²) in [6.07, 6.45) is -0.840. The molecule has 0 amide bonds. The molecule has 9 heteroatoms. The van der Waals surface area contributed by atoms with Gasteiger partial charge in [-0.1, -0.05) is 35.5 Å². The van der Waals surface area contributed by atoms with Crippen molar-refractivity contribution >= 4 is 0 Å². The largest absolute Gasteiger partial charge is 0.415 e. The monoisotopic (exact) mass is 408 g/mol. The van der Waals surface area contributed by atoms with Crippen LogP contribution in [0.15, 0.2) is 53.1 Å². The Kier molecular flexibility index (Phi) is 4.59. The summed E-state index contributed by atoms with van der Waals surface area (Å²) in [7, 11) is 2.10. The zero-order valence-corrected chi connectivity index (χ0v) is 16.2. The van der Waals surface area contributed by atoms with Crippen molar-refractivity contribution in [2.75, 3.05) is 7.05 Å². The van der Waals surface area contributed by atoms with Crippen molar-refractivity contribution in [3.05, 3.63) is 71.2 Å². The highest BCUT2D eigenvalue weighted by molar-refractivity contribution is 5.65. The smallest absolute Gasteiger partial charge is 0.314 e. The van der Waals surface area contributed by atoms with Crippen LogP contribution in [-0.2, 0) is 19.6 Å². The zero-order chi connectivity index (χ0) is 20.7. The molecule has 152 valence electrons. The van der Waals surface area contributed by atoms with E-state index in [-0.39, 0.29) is 5.89 Å². The van der Waals surface area contributed by atoms with Gasteiger partial charge in [-0.3, -0.25) is 4.90 Å². The molecule has 30 heavy (non-hydrogen) atoms. The molecular formula is C21H18F2N6O. The lowest BCUT2D eigenvalue weighted by atomic mass is 10.0. The highest BCUT2D eigenvalue weighted by Crippen LogP contribution is 2.31. The maximum atomic E-state index is 12.6. The van der Waals surface area contributed by atoms with E-state index in [2.05, 4.69) is 50.7 Å². The molecule has 0 N–H and O–H groups in total. The number of aromatic nitrogens is 5. The van der Waals surface area contributed by atoms with E-state index >= 15 is 0 Å². The summed E-state index contributed by atoms with van der Waals surface area (Å²) < 4.78 is 32.0. The third kappa shape index (κ3) is 3.48. The molecule has 0 saturated carbocycles. The van der Waals surface area contributed by atoms with Crippen molar-refractivity contribution < 1.29 is 13.2 Å². The number of nitrogens with zero attached hydrogens (tertiary/aromatic N) is 6. The van der Waals surface area contributed by atoms with Crippen LogP contribution in [0.5, 0.6) is 0 Å². The molecule has 1 aliphatic heterocycles. The van der Waals surface area contributed by atoms with Crippen LogP contribution in [0.2, 0.25) is 0 Å². The van der Waals surface area contributed by atoms with Crippen LogP contribution < -0.4 is 0 Å². The first-order chi connectivity index (χ1) is 14.6. The van der Waals surface area contributed by atoms with Crippen LogP contribution in [0.1, 0.15) is 29.0 Å². The fourth-order valence-electron chi connectivity index (χ4n) is 3.70. The molecule has 0 atom stereocenters. The molecule has 1 aliphatic rings. The number of hydrogen-bond acceptors (Lipinski definition) is 6. The Labute approximate surface area is 171 Å². The molecular weight excluding hydrogens is 390 g/mol. The number of benzene rings is 2. The van der Waals surface area contributed by atoms with Gasteiger partial charge in [0.05, 0.1) is 12.7 Å². The third-order valence-electron chi connectivity index (χ3n) is 5.13. The molecule has 5 rings (SSSR count). The van der Waals surface area contributed by atoms with Crippen molar-refractivity contribution in [2.45, 2.75) is 26.1 Å². The molecule has 4 aromatic rings. The first-order valence-electron chi connectivity index (χ1n) is 9.47. The minimum absolute atomic E-state index is 0.0720. The standard InChI is InChI=1S/C21H18F2N6O/c1-28-10-15-3-2-4-16(17(15)11-28)18-12-29(27-24-18)9-13-5-7-14(8-6-13)20-25-26-21(30-20)19(22)23/h2-8,12,19H,9-11H2,1H3. The number of hydrogen-bond donors (Lipinski definition) is 0. The fraction of sp³-hybridized carbons (Fsp3) is 0.238. The Morgan fingerprint density at radius 1 is 1.03 bits per heavy atom. The molecule has 2 aromatic heterocycles. The summed E-state index contributed by atoms with van der Waals surface area (Å²) in [5.74, 6) is -0.606. The second-order valence-electron chi connectivity index (χ2n) is 7.36. The summed E-state index contributed by atoms with van der Waals surface area (Å²) in [6, 6.07) is 13.6. The Morgan fingerprint density at radius 2 is 1.87 bits per heavy atom. The Hall–Kier alpha value is -3.46. The van der Waals surface area contributed by atoms with E-state index in [0.717, 1.165) is 29.9 Å². The highest BCUT2D eigenvalue weighted by atomic mass is 19.3. The maximum absolute atomic E-state index is 12.6. The molecule has 2 aromatic carbocycles. The van der Waals surface area contributed by atoms with Crippen molar-refractivity contribution in [1.82, 2.24) is 30.1 Å². The predicted octanol–water partition coefficient (Wildman–Crippen LogP) is 3.93. The van der Waals surface area contributed by atoms with Gasteiger partial charge in [0.2, 0.25) is 5.89 Å². The first kappa shape index (κ1) is 18.6. The summed E-state index contributed by atoms with van der Waals surface area (Å²) in [6.45, 7) is 2.39. The number of alkyl halides is 2. The van der Waals surface area contributed by atoms with Crippen LogP contribution in [0.3, 0.4) is 0 Å². The third-order valence-corrected chi connectivity index (χ3v) is 5.13. The molecule has 3 heterocycles. The van der Waals surface area contributed by atoms with Crippen LogP contribution >= 0.6 is 0 Å². The second kappa shape index (κ2) is 7.42.